The zero-order valence-electron chi connectivity index (χ0n) is 11.8. The minimum Gasteiger partial charge on any atom is -0.504 e. The molecule has 2 aromatic carbocycles. The molecule has 0 unspecified atom stereocenters. The van der Waals surface area contributed by atoms with Crippen molar-refractivity contribution >= 4 is 11.6 Å². The number of carbonyl (C=O) groups is 1. The maximum absolute atomic E-state index is 13.0. The molecule has 0 aliphatic heterocycles. The van der Waals surface area contributed by atoms with E-state index < -0.39 is 0 Å². The van der Waals surface area contributed by atoms with Gasteiger partial charge in [-0.15, -0.1) is 0 Å². The molecule has 0 aliphatic carbocycles. The highest BCUT2D eigenvalue weighted by molar-refractivity contribution is 6.08. The lowest BCUT2D eigenvalue weighted by Crippen LogP contribution is -2.30. The van der Waals surface area contributed by atoms with E-state index in [4.69, 9.17) is 4.74 Å². The Balaban J connectivity index is 2.39. The molecular weight excluding hydrogens is 273 g/mol. The Morgan fingerprint density at radius 1 is 1.24 bits per heavy atom. The van der Waals surface area contributed by atoms with Crippen LogP contribution in [0.15, 0.2) is 42.5 Å². The Morgan fingerprint density at radius 2 is 1.90 bits per heavy atom. The van der Waals surface area contributed by atoms with E-state index in [1.54, 1.807) is 19.1 Å². The van der Waals surface area contributed by atoms with Crippen molar-refractivity contribution in [3.05, 3.63) is 53.8 Å². The van der Waals surface area contributed by atoms with Crippen molar-refractivity contribution < 1.29 is 19.0 Å². The molecule has 1 amide bonds. The molecule has 0 spiro atoms. The first-order chi connectivity index (χ1) is 10.1. The van der Waals surface area contributed by atoms with E-state index in [2.05, 4.69) is 0 Å². The quantitative estimate of drug-likeness (QED) is 0.940. The molecule has 0 heterocycles. The molecule has 0 aromatic heterocycles. The molecule has 0 radical (unpaired) electrons. The maximum atomic E-state index is 13.0. The summed E-state index contributed by atoms with van der Waals surface area (Å²) in [6.45, 7) is 2.19. The summed E-state index contributed by atoms with van der Waals surface area (Å²) in [4.78, 5) is 14.0. The van der Waals surface area contributed by atoms with Crippen molar-refractivity contribution in [3.8, 4) is 11.5 Å². The van der Waals surface area contributed by atoms with Crippen LogP contribution in [0, 0.1) is 5.82 Å². The Bertz CT molecular complexity index is 640. The third-order valence-corrected chi connectivity index (χ3v) is 3.15. The number of ether oxygens (including phenoxy) is 1. The fraction of sp³-hybridized carbons (Fsp3) is 0.188. The number of hydrogen-bond donors (Lipinski definition) is 1. The van der Waals surface area contributed by atoms with Gasteiger partial charge in [-0.1, -0.05) is 6.07 Å². The van der Waals surface area contributed by atoms with Crippen molar-refractivity contribution in [2.75, 3.05) is 18.6 Å². The molecule has 1 N–H and O–H groups in total. The molecule has 0 fully saturated rings. The number of aromatic hydroxyl groups is 1. The third kappa shape index (κ3) is 2.97. The first kappa shape index (κ1) is 14.8. The number of halogens is 1. The lowest BCUT2D eigenvalue weighted by atomic mass is 10.1. The molecule has 0 atom stereocenters. The summed E-state index contributed by atoms with van der Waals surface area (Å²) in [6.07, 6.45) is 0. The number of nitrogens with zero attached hydrogens (tertiary/aromatic N) is 1. The zero-order valence-corrected chi connectivity index (χ0v) is 11.8. The second-order valence-electron chi connectivity index (χ2n) is 4.38. The van der Waals surface area contributed by atoms with E-state index in [0.717, 1.165) is 0 Å². The molecule has 4 nitrogen and oxygen atoms in total. The topological polar surface area (TPSA) is 49.8 Å². The first-order valence-corrected chi connectivity index (χ1v) is 6.52. The molecule has 5 heteroatoms. The number of rotatable bonds is 4. The van der Waals surface area contributed by atoms with Crippen LogP contribution in [-0.4, -0.2) is 24.7 Å². The number of amides is 1. The van der Waals surface area contributed by atoms with Crippen LogP contribution in [0.25, 0.3) is 0 Å². The smallest absolute Gasteiger partial charge is 0.262 e. The summed E-state index contributed by atoms with van der Waals surface area (Å²) in [6, 6.07) is 10.3. The molecule has 2 rings (SSSR count). The van der Waals surface area contributed by atoms with Gasteiger partial charge >= 0.3 is 0 Å². The fourth-order valence-electron chi connectivity index (χ4n) is 2.07. The number of methoxy groups -OCH3 is 1. The van der Waals surface area contributed by atoms with Crippen LogP contribution in [0.2, 0.25) is 0 Å². The second kappa shape index (κ2) is 6.26. The second-order valence-corrected chi connectivity index (χ2v) is 4.38. The highest BCUT2D eigenvalue weighted by Crippen LogP contribution is 2.31. The standard InChI is InChI=1S/C16H16FNO3/c1-3-18(12-9-7-11(17)8-10-12)16(20)13-5-4-6-14(21-2)15(13)19/h4-10,19H,3H2,1-2H3. The molecule has 0 bridgehead atoms. The van der Waals surface area contributed by atoms with Gasteiger partial charge in [0.25, 0.3) is 5.91 Å². The van der Waals surface area contributed by atoms with Crippen LogP contribution in [0.4, 0.5) is 10.1 Å². The largest absolute Gasteiger partial charge is 0.504 e. The van der Waals surface area contributed by atoms with Crippen molar-refractivity contribution in [2.45, 2.75) is 6.92 Å². The number of benzene rings is 2. The van der Waals surface area contributed by atoms with Gasteiger partial charge in [0.15, 0.2) is 11.5 Å². The molecule has 2 aromatic rings. The Kier molecular flexibility index (Phi) is 4.42. The lowest BCUT2D eigenvalue weighted by Gasteiger charge is -2.22. The van der Waals surface area contributed by atoms with Crippen LogP contribution in [0.3, 0.4) is 0 Å². The van der Waals surface area contributed by atoms with E-state index in [1.165, 1.54) is 42.3 Å². The third-order valence-electron chi connectivity index (χ3n) is 3.15. The van der Waals surface area contributed by atoms with E-state index in [9.17, 15) is 14.3 Å². The van der Waals surface area contributed by atoms with Gasteiger partial charge in [-0.05, 0) is 43.3 Å². The van der Waals surface area contributed by atoms with Crippen LogP contribution in [-0.2, 0) is 0 Å². The van der Waals surface area contributed by atoms with Crippen molar-refractivity contribution in [2.24, 2.45) is 0 Å². The van der Waals surface area contributed by atoms with Crippen LogP contribution in [0.5, 0.6) is 11.5 Å². The Labute approximate surface area is 122 Å². The molecule has 21 heavy (non-hydrogen) atoms. The van der Waals surface area contributed by atoms with Crippen LogP contribution in [0.1, 0.15) is 17.3 Å². The summed E-state index contributed by atoms with van der Waals surface area (Å²) in [5, 5.41) is 10.1. The summed E-state index contributed by atoms with van der Waals surface area (Å²) in [7, 11) is 1.42. The number of phenols is 1. The minimum atomic E-state index is -0.375. The number of anilines is 1. The van der Waals surface area contributed by atoms with E-state index in [1.807, 2.05) is 0 Å². The Morgan fingerprint density at radius 3 is 2.48 bits per heavy atom. The number of carbonyl (C=O) groups excluding carboxylic acids is 1. The summed E-state index contributed by atoms with van der Waals surface area (Å²) in [5.41, 5.74) is 0.701. The monoisotopic (exact) mass is 289 g/mol. The fourth-order valence-corrected chi connectivity index (χ4v) is 2.07. The molecule has 110 valence electrons. The minimum absolute atomic E-state index is 0.139. The Hall–Kier alpha value is -2.56. The molecule has 0 aliphatic rings. The van der Waals surface area contributed by atoms with Gasteiger partial charge < -0.3 is 14.7 Å². The zero-order chi connectivity index (χ0) is 15.4. The average Bonchev–Trinajstić information content (AvgIpc) is 2.50. The van der Waals surface area contributed by atoms with E-state index in [0.29, 0.717) is 12.2 Å². The van der Waals surface area contributed by atoms with E-state index in [-0.39, 0.29) is 28.8 Å². The number of hydrogen-bond acceptors (Lipinski definition) is 3. The van der Waals surface area contributed by atoms with Gasteiger partial charge in [-0.25, -0.2) is 4.39 Å². The normalized spacial score (nSPS) is 10.2. The molecular formula is C16H16FNO3. The van der Waals surface area contributed by atoms with Gasteiger partial charge in [0.2, 0.25) is 0 Å². The van der Waals surface area contributed by atoms with Gasteiger partial charge in [0.05, 0.1) is 12.7 Å². The highest BCUT2D eigenvalue weighted by atomic mass is 19.1. The SMILES string of the molecule is CCN(C(=O)c1cccc(OC)c1O)c1ccc(F)cc1. The van der Waals surface area contributed by atoms with Gasteiger partial charge in [-0.2, -0.15) is 0 Å². The maximum Gasteiger partial charge on any atom is 0.262 e. The van der Waals surface area contributed by atoms with Gasteiger partial charge in [0, 0.05) is 12.2 Å². The van der Waals surface area contributed by atoms with E-state index >= 15 is 0 Å². The summed E-state index contributed by atoms with van der Waals surface area (Å²) < 4.78 is 18.0. The van der Waals surface area contributed by atoms with Crippen molar-refractivity contribution in [1.29, 1.82) is 0 Å². The summed E-state index contributed by atoms with van der Waals surface area (Å²) >= 11 is 0. The van der Waals surface area contributed by atoms with Crippen molar-refractivity contribution in [3.63, 3.8) is 0 Å². The van der Waals surface area contributed by atoms with Crippen molar-refractivity contribution in [1.82, 2.24) is 0 Å². The molecule has 0 saturated heterocycles. The predicted octanol–water partition coefficient (Wildman–Crippen LogP) is 3.21. The highest BCUT2D eigenvalue weighted by Gasteiger charge is 2.21. The van der Waals surface area contributed by atoms with Gasteiger partial charge in [0.1, 0.15) is 5.82 Å². The first-order valence-electron chi connectivity index (χ1n) is 6.52. The van der Waals surface area contributed by atoms with Gasteiger partial charge in [-0.3, -0.25) is 4.79 Å². The summed E-state index contributed by atoms with van der Waals surface area (Å²) in [5.74, 6) is -0.714. The number of para-hydroxylation sites is 1. The van der Waals surface area contributed by atoms with Crippen LogP contribution < -0.4 is 9.64 Å². The predicted molar refractivity (Wildman–Crippen MR) is 78.4 cm³/mol. The number of phenolic OH excluding ortho intramolecular Hbond substituents is 1. The van der Waals surface area contributed by atoms with Crippen LogP contribution >= 0.6 is 0 Å². The molecule has 0 saturated carbocycles. The lowest BCUT2D eigenvalue weighted by molar-refractivity contribution is 0.0985. The average molecular weight is 289 g/mol.